The van der Waals surface area contributed by atoms with Gasteiger partial charge in [0, 0.05) is 11.3 Å². The van der Waals surface area contributed by atoms with E-state index in [0.29, 0.717) is 29.9 Å². The van der Waals surface area contributed by atoms with Gasteiger partial charge in [-0.1, -0.05) is 36.0 Å². The van der Waals surface area contributed by atoms with Crippen molar-refractivity contribution in [3.05, 3.63) is 69.0 Å². The van der Waals surface area contributed by atoms with E-state index in [1.807, 2.05) is 60.1 Å². The van der Waals surface area contributed by atoms with Crippen LogP contribution in [-0.4, -0.2) is 39.2 Å². The van der Waals surface area contributed by atoms with Gasteiger partial charge in [0.2, 0.25) is 0 Å². The summed E-state index contributed by atoms with van der Waals surface area (Å²) in [7, 11) is 0. The topological polar surface area (TPSA) is 80.8 Å². The molecule has 0 bridgehead atoms. The minimum Gasteiger partial charge on any atom is -0.493 e. The van der Waals surface area contributed by atoms with E-state index >= 15 is 0 Å². The first kappa shape index (κ1) is 21.9. The number of hydrogen-bond donors (Lipinski definition) is 0. The largest absolute Gasteiger partial charge is 0.493 e. The van der Waals surface area contributed by atoms with Gasteiger partial charge < -0.3 is 9.15 Å². The van der Waals surface area contributed by atoms with Crippen LogP contribution in [0.15, 0.2) is 74.0 Å². The molecule has 3 aromatic heterocycles. The Morgan fingerprint density at radius 2 is 2.00 bits per heavy atom. The van der Waals surface area contributed by atoms with E-state index in [1.165, 1.54) is 11.8 Å². The van der Waals surface area contributed by atoms with E-state index in [2.05, 4.69) is 21.4 Å². The Labute approximate surface area is 203 Å². The number of nitrogens with zero attached hydrogens (tertiary/aromatic N) is 4. The molecule has 33 heavy (non-hydrogen) atoms. The molecule has 0 fully saturated rings. The first-order valence-corrected chi connectivity index (χ1v) is 13.1. The predicted octanol–water partition coefficient (Wildman–Crippen LogP) is 5.73. The molecule has 10 heteroatoms. The standard InChI is InChI=1S/C23H20N4O3S3/c1-2-29-18-8-4-3-7-15(18)22-24-25-23(30-22)33-14-21(28)27-17(20-10-6-12-32-20)13-16(26-27)19-9-5-11-31-19/h3-12,17H,2,13-14H2,1H3. The molecule has 0 radical (unpaired) electrons. The zero-order chi connectivity index (χ0) is 22.6. The van der Waals surface area contributed by atoms with Crippen molar-refractivity contribution >= 4 is 46.1 Å². The lowest BCUT2D eigenvalue weighted by Crippen LogP contribution is -2.28. The highest BCUT2D eigenvalue weighted by molar-refractivity contribution is 7.99. The summed E-state index contributed by atoms with van der Waals surface area (Å²) in [4.78, 5) is 15.4. The van der Waals surface area contributed by atoms with Crippen molar-refractivity contribution in [1.82, 2.24) is 15.2 Å². The summed E-state index contributed by atoms with van der Waals surface area (Å²) in [6.07, 6.45) is 0.705. The molecule has 0 aliphatic carbocycles. The Kier molecular flexibility index (Phi) is 6.56. The van der Waals surface area contributed by atoms with E-state index in [1.54, 1.807) is 27.7 Å². The first-order chi connectivity index (χ1) is 16.2. The average Bonchev–Trinajstić information content (AvgIpc) is 3.63. The van der Waals surface area contributed by atoms with Crippen molar-refractivity contribution in [2.24, 2.45) is 5.10 Å². The van der Waals surface area contributed by atoms with Crippen molar-refractivity contribution in [2.75, 3.05) is 12.4 Å². The van der Waals surface area contributed by atoms with Crippen LogP contribution in [0.1, 0.15) is 29.1 Å². The van der Waals surface area contributed by atoms with E-state index < -0.39 is 0 Å². The third-order valence-corrected chi connectivity index (χ3v) is 7.68. The third kappa shape index (κ3) is 4.73. The van der Waals surface area contributed by atoms with Gasteiger partial charge in [-0.05, 0) is 41.9 Å². The predicted molar refractivity (Wildman–Crippen MR) is 131 cm³/mol. The summed E-state index contributed by atoms with van der Waals surface area (Å²) in [5.41, 5.74) is 1.67. The maximum absolute atomic E-state index is 13.2. The quantitative estimate of drug-likeness (QED) is 0.290. The second kappa shape index (κ2) is 9.90. The molecular weight excluding hydrogens is 476 g/mol. The summed E-state index contributed by atoms with van der Waals surface area (Å²) in [5.74, 6) is 1.10. The SMILES string of the molecule is CCOc1ccccc1-c1nnc(SCC(=O)N2N=C(c3cccs3)CC2c2cccs2)o1. The highest BCUT2D eigenvalue weighted by atomic mass is 32.2. The number of hydrazone groups is 1. The summed E-state index contributed by atoms with van der Waals surface area (Å²) in [5, 5.41) is 18.9. The minimum absolute atomic E-state index is 0.0912. The fraction of sp³-hybridized carbons (Fsp3) is 0.217. The van der Waals surface area contributed by atoms with Crippen molar-refractivity contribution in [3.8, 4) is 17.2 Å². The molecule has 168 valence electrons. The van der Waals surface area contributed by atoms with Gasteiger partial charge in [-0.2, -0.15) is 5.10 Å². The lowest BCUT2D eigenvalue weighted by atomic mass is 10.1. The monoisotopic (exact) mass is 496 g/mol. The summed E-state index contributed by atoms with van der Waals surface area (Å²) in [6, 6.07) is 15.5. The molecule has 1 amide bonds. The van der Waals surface area contributed by atoms with Crippen molar-refractivity contribution < 1.29 is 13.9 Å². The summed E-state index contributed by atoms with van der Waals surface area (Å²) < 4.78 is 11.5. The van der Waals surface area contributed by atoms with Crippen LogP contribution < -0.4 is 4.74 Å². The molecule has 5 rings (SSSR count). The fourth-order valence-corrected chi connectivity index (χ4v) is 5.67. The number of para-hydroxylation sites is 1. The van der Waals surface area contributed by atoms with Gasteiger partial charge in [0.25, 0.3) is 17.0 Å². The second-order valence-electron chi connectivity index (χ2n) is 7.09. The Bertz CT molecular complexity index is 1250. The van der Waals surface area contributed by atoms with Gasteiger partial charge in [-0.3, -0.25) is 4.79 Å². The molecule has 0 saturated carbocycles. The van der Waals surface area contributed by atoms with Gasteiger partial charge >= 0.3 is 0 Å². The Balaban J connectivity index is 1.30. The van der Waals surface area contributed by atoms with Crippen LogP contribution in [0.5, 0.6) is 5.75 Å². The van der Waals surface area contributed by atoms with Crippen molar-refractivity contribution in [2.45, 2.75) is 24.6 Å². The van der Waals surface area contributed by atoms with Crippen LogP contribution in [0.3, 0.4) is 0 Å². The molecule has 1 atom stereocenters. The summed E-state index contributed by atoms with van der Waals surface area (Å²) in [6.45, 7) is 2.46. The van der Waals surface area contributed by atoms with Gasteiger partial charge in [0.05, 0.1) is 34.6 Å². The molecule has 1 unspecified atom stereocenters. The third-order valence-electron chi connectivity index (χ3n) is 4.99. The molecule has 0 saturated heterocycles. The van der Waals surface area contributed by atoms with Crippen molar-refractivity contribution in [1.29, 1.82) is 0 Å². The van der Waals surface area contributed by atoms with E-state index in [0.717, 1.165) is 21.0 Å². The number of ether oxygens (including phenoxy) is 1. The zero-order valence-electron chi connectivity index (χ0n) is 17.7. The fourth-order valence-electron chi connectivity index (χ4n) is 3.53. The minimum atomic E-state index is -0.0978. The number of rotatable bonds is 8. The molecule has 4 heterocycles. The molecule has 1 aliphatic heterocycles. The Morgan fingerprint density at radius 3 is 2.79 bits per heavy atom. The van der Waals surface area contributed by atoms with Gasteiger partial charge in [0.15, 0.2) is 0 Å². The molecule has 1 aromatic carbocycles. The lowest BCUT2D eigenvalue weighted by molar-refractivity contribution is -0.130. The zero-order valence-corrected chi connectivity index (χ0v) is 20.2. The van der Waals surface area contributed by atoms with E-state index in [9.17, 15) is 4.79 Å². The van der Waals surface area contributed by atoms with Crippen molar-refractivity contribution in [3.63, 3.8) is 0 Å². The highest BCUT2D eigenvalue weighted by Gasteiger charge is 2.34. The number of thiophene rings is 2. The Hall–Kier alpha value is -2.95. The second-order valence-corrected chi connectivity index (χ2v) is 9.94. The number of amides is 1. The van der Waals surface area contributed by atoms with Gasteiger partial charge in [-0.25, -0.2) is 5.01 Å². The number of carbonyl (C=O) groups excluding carboxylic acids is 1. The van der Waals surface area contributed by atoms with Gasteiger partial charge in [0.1, 0.15) is 5.75 Å². The molecule has 7 nitrogen and oxygen atoms in total. The smallest absolute Gasteiger partial charge is 0.277 e. The van der Waals surface area contributed by atoms with Crippen LogP contribution in [0.4, 0.5) is 0 Å². The molecule has 0 N–H and O–H groups in total. The van der Waals surface area contributed by atoms with Crippen LogP contribution in [-0.2, 0) is 4.79 Å². The highest BCUT2D eigenvalue weighted by Crippen LogP contribution is 2.37. The normalized spacial score (nSPS) is 15.6. The van der Waals surface area contributed by atoms with Crippen LogP contribution >= 0.6 is 34.4 Å². The number of thioether (sulfide) groups is 1. The lowest BCUT2D eigenvalue weighted by Gasteiger charge is -2.20. The van der Waals surface area contributed by atoms with Gasteiger partial charge in [-0.15, -0.1) is 32.9 Å². The summed E-state index contributed by atoms with van der Waals surface area (Å²) >= 11 is 4.49. The molecule has 0 spiro atoms. The van der Waals surface area contributed by atoms with Crippen LogP contribution in [0.25, 0.3) is 11.5 Å². The molecule has 1 aliphatic rings. The van der Waals surface area contributed by atoms with E-state index in [-0.39, 0.29) is 17.7 Å². The molecule has 4 aromatic rings. The van der Waals surface area contributed by atoms with Crippen LogP contribution in [0.2, 0.25) is 0 Å². The number of benzene rings is 1. The maximum atomic E-state index is 13.2. The average molecular weight is 497 g/mol. The maximum Gasteiger partial charge on any atom is 0.277 e. The number of aromatic nitrogens is 2. The number of hydrogen-bond acceptors (Lipinski definition) is 9. The van der Waals surface area contributed by atoms with E-state index in [4.69, 9.17) is 9.15 Å². The Morgan fingerprint density at radius 1 is 1.15 bits per heavy atom. The first-order valence-electron chi connectivity index (χ1n) is 10.4. The molecular formula is C23H20N4O3S3. The number of carbonyl (C=O) groups is 1. The van der Waals surface area contributed by atoms with Crippen LogP contribution in [0, 0.1) is 0 Å².